The Kier molecular flexibility index (Phi) is 5.09. The predicted molar refractivity (Wildman–Crippen MR) is 62.7 cm³/mol. The fraction of sp³-hybridized carbons (Fsp3) is 0.0833. The van der Waals surface area contributed by atoms with Crippen molar-refractivity contribution >= 4 is 17.8 Å². The van der Waals surface area contributed by atoms with Crippen molar-refractivity contribution in [1.82, 2.24) is 10.9 Å². The standard InChI is InChI=1S/C12H12N2O5/c1-19-9-4-2-8(3-5-9)12(18)14-13-10(15)6-7-11(16)17/h2-7H,1H3,(H,13,15)(H,14,18)(H,16,17)/p-1. The quantitative estimate of drug-likeness (QED) is 0.522. The van der Waals surface area contributed by atoms with E-state index in [9.17, 15) is 19.5 Å². The third-order valence-corrected chi connectivity index (χ3v) is 2.02. The molecule has 0 aliphatic heterocycles. The van der Waals surface area contributed by atoms with Crippen LogP contribution in [-0.4, -0.2) is 24.9 Å². The van der Waals surface area contributed by atoms with Crippen molar-refractivity contribution in [1.29, 1.82) is 0 Å². The maximum absolute atomic E-state index is 11.6. The number of ether oxygens (including phenoxy) is 1. The third-order valence-electron chi connectivity index (χ3n) is 2.02. The number of amides is 2. The first-order chi connectivity index (χ1) is 9.02. The molecule has 0 saturated carbocycles. The second-order valence-electron chi connectivity index (χ2n) is 3.32. The van der Waals surface area contributed by atoms with Crippen LogP contribution in [0.25, 0.3) is 0 Å². The number of hydrazine groups is 1. The van der Waals surface area contributed by atoms with Gasteiger partial charge in [0.05, 0.1) is 13.1 Å². The normalized spacial score (nSPS) is 9.95. The molecule has 2 amide bonds. The Morgan fingerprint density at radius 2 is 1.74 bits per heavy atom. The van der Waals surface area contributed by atoms with Gasteiger partial charge in [-0.2, -0.15) is 0 Å². The highest BCUT2D eigenvalue weighted by atomic mass is 16.5. The van der Waals surface area contributed by atoms with E-state index in [1.54, 1.807) is 12.1 Å². The minimum absolute atomic E-state index is 0.310. The fourth-order valence-electron chi connectivity index (χ4n) is 1.12. The SMILES string of the molecule is COc1ccc(C(=O)NNC(=O)C=CC(=O)[O-])cc1. The first kappa shape index (κ1) is 14.2. The molecule has 0 aromatic heterocycles. The lowest BCUT2D eigenvalue weighted by Gasteiger charge is -2.06. The first-order valence-electron chi connectivity index (χ1n) is 5.16. The third kappa shape index (κ3) is 4.90. The lowest BCUT2D eigenvalue weighted by Crippen LogP contribution is -2.40. The molecular formula is C12H11N2O5-. The van der Waals surface area contributed by atoms with Crippen molar-refractivity contribution in [2.24, 2.45) is 0 Å². The fourth-order valence-corrected chi connectivity index (χ4v) is 1.12. The minimum atomic E-state index is -1.50. The molecule has 1 aromatic rings. The molecule has 7 nitrogen and oxygen atoms in total. The number of hydrogen-bond acceptors (Lipinski definition) is 5. The van der Waals surface area contributed by atoms with E-state index >= 15 is 0 Å². The molecular weight excluding hydrogens is 252 g/mol. The molecule has 0 aliphatic rings. The Morgan fingerprint density at radius 3 is 2.26 bits per heavy atom. The zero-order valence-electron chi connectivity index (χ0n) is 10.0. The van der Waals surface area contributed by atoms with Crippen LogP contribution >= 0.6 is 0 Å². The van der Waals surface area contributed by atoms with Gasteiger partial charge in [-0.15, -0.1) is 0 Å². The van der Waals surface area contributed by atoms with Gasteiger partial charge in [0.25, 0.3) is 11.8 Å². The number of nitrogens with one attached hydrogen (secondary N) is 2. The van der Waals surface area contributed by atoms with Crippen LogP contribution in [0.5, 0.6) is 5.75 Å². The maximum Gasteiger partial charge on any atom is 0.269 e. The molecule has 7 heteroatoms. The van der Waals surface area contributed by atoms with Gasteiger partial charge >= 0.3 is 0 Å². The van der Waals surface area contributed by atoms with Gasteiger partial charge in [0, 0.05) is 11.6 Å². The van der Waals surface area contributed by atoms with Crippen molar-refractivity contribution in [3.63, 3.8) is 0 Å². The van der Waals surface area contributed by atoms with E-state index in [2.05, 4.69) is 5.43 Å². The van der Waals surface area contributed by atoms with Gasteiger partial charge in [-0.25, -0.2) is 0 Å². The Morgan fingerprint density at radius 1 is 1.11 bits per heavy atom. The number of carbonyl (C=O) groups is 3. The summed E-state index contributed by atoms with van der Waals surface area (Å²) in [5.41, 5.74) is 4.44. The average molecular weight is 263 g/mol. The molecule has 0 spiro atoms. The second-order valence-corrected chi connectivity index (χ2v) is 3.32. The van der Waals surface area contributed by atoms with Crippen LogP contribution in [-0.2, 0) is 9.59 Å². The van der Waals surface area contributed by atoms with Crippen LogP contribution in [0.2, 0.25) is 0 Å². The topological polar surface area (TPSA) is 108 Å². The average Bonchev–Trinajstić information content (AvgIpc) is 2.42. The lowest BCUT2D eigenvalue weighted by molar-refractivity contribution is -0.297. The van der Waals surface area contributed by atoms with Crippen molar-refractivity contribution < 1.29 is 24.2 Å². The summed E-state index contributed by atoms with van der Waals surface area (Å²) in [7, 11) is 1.50. The Bertz CT molecular complexity index is 507. The number of methoxy groups -OCH3 is 1. The van der Waals surface area contributed by atoms with Gasteiger partial charge in [-0.1, -0.05) is 0 Å². The molecule has 0 aliphatic carbocycles. The summed E-state index contributed by atoms with van der Waals surface area (Å²) < 4.78 is 4.93. The molecule has 2 N–H and O–H groups in total. The van der Waals surface area contributed by atoms with E-state index in [0.29, 0.717) is 17.4 Å². The second kappa shape index (κ2) is 6.80. The van der Waals surface area contributed by atoms with E-state index < -0.39 is 17.8 Å². The summed E-state index contributed by atoms with van der Waals surface area (Å²) in [6.07, 6.45) is 1.28. The van der Waals surface area contributed by atoms with Crippen LogP contribution in [0.3, 0.4) is 0 Å². The van der Waals surface area contributed by atoms with Gasteiger partial charge in [-0.05, 0) is 30.3 Å². The zero-order valence-corrected chi connectivity index (χ0v) is 10.0. The van der Waals surface area contributed by atoms with Gasteiger partial charge < -0.3 is 14.6 Å². The monoisotopic (exact) mass is 263 g/mol. The van der Waals surface area contributed by atoms with Crippen LogP contribution < -0.4 is 20.7 Å². The molecule has 0 unspecified atom stereocenters. The molecule has 0 bridgehead atoms. The molecule has 100 valence electrons. The maximum atomic E-state index is 11.6. The molecule has 0 saturated heterocycles. The first-order valence-corrected chi connectivity index (χ1v) is 5.16. The van der Waals surface area contributed by atoms with Crippen LogP contribution in [0.1, 0.15) is 10.4 Å². The molecule has 0 heterocycles. The number of hydrogen-bond donors (Lipinski definition) is 2. The number of carboxylic acid groups (broad SMARTS) is 1. The Labute approximate surface area is 108 Å². The molecule has 1 rings (SSSR count). The van der Waals surface area contributed by atoms with E-state index in [-0.39, 0.29) is 0 Å². The largest absolute Gasteiger partial charge is 0.545 e. The Hall–Kier alpha value is -2.83. The number of aliphatic carboxylic acids is 1. The summed E-state index contributed by atoms with van der Waals surface area (Å²) in [6, 6.07) is 6.20. The van der Waals surface area contributed by atoms with Crippen LogP contribution in [0.4, 0.5) is 0 Å². The summed E-state index contributed by atoms with van der Waals surface area (Å²) in [5.74, 6) is -2.24. The van der Waals surface area contributed by atoms with E-state index in [1.807, 2.05) is 5.43 Å². The van der Waals surface area contributed by atoms with Crippen molar-refractivity contribution in [2.45, 2.75) is 0 Å². The number of benzene rings is 1. The highest BCUT2D eigenvalue weighted by Crippen LogP contribution is 2.10. The molecule has 1 aromatic carbocycles. The van der Waals surface area contributed by atoms with Gasteiger partial charge in [-0.3, -0.25) is 20.4 Å². The lowest BCUT2D eigenvalue weighted by atomic mass is 10.2. The molecule has 19 heavy (non-hydrogen) atoms. The van der Waals surface area contributed by atoms with Gasteiger partial charge in [0.15, 0.2) is 0 Å². The highest BCUT2D eigenvalue weighted by molar-refractivity contribution is 5.98. The van der Waals surface area contributed by atoms with E-state index in [4.69, 9.17) is 4.74 Å². The smallest absolute Gasteiger partial charge is 0.269 e. The number of carboxylic acids is 1. The number of rotatable bonds is 4. The van der Waals surface area contributed by atoms with Crippen LogP contribution in [0.15, 0.2) is 36.4 Å². The summed E-state index contributed by atoms with van der Waals surface area (Å²) in [5, 5.41) is 10.0. The van der Waals surface area contributed by atoms with Crippen LogP contribution in [0, 0.1) is 0 Å². The predicted octanol–water partition coefficient (Wildman–Crippen LogP) is -1.24. The van der Waals surface area contributed by atoms with E-state index in [1.165, 1.54) is 19.2 Å². The minimum Gasteiger partial charge on any atom is -0.545 e. The molecule has 0 atom stereocenters. The highest BCUT2D eigenvalue weighted by Gasteiger charge is 2.05. The zero-order chi connectivity index (χ0) is 14.3. The summed E-state index contributed by atoms with van der Waals surface area (Å²) >= 11 is 0. The van der Waals surface area contributed by atoms with Gasteiger partial charge in [0.2, 0.25) is 0 Å². The van der Waals surface area contributed by atoms with Gasteiger partial charge in [0.1, 0.15) is 5.75 Å². The van der Waals surface area contributed by atoms with E-state index in [0.717, 1.165) is 6.08 Å². The Balaban J connectivity index is 2.50. The van der Waals surface area contributed by atoms with Crippen molar-refractivity contribution in [3.05, 3.63) is 42.0 Å². The molecule has 0 fully saturated rings. The number of carbonyl (C=O) groups excluding carboxylic acids is 3. The van der Waals surface area contributed by atoms with Crippen molar-refractivity contribution in [2.75, 3.05) is 7.11 Å². The molecule has 0 radical (unpaired) electrons. The summed E-state index contributed by atoms with van der Waals surface area (Å²) in [4.78, 5) is 32.7. The van der Waals surface area contributed by atoms with Crippen molar-refractivity contribution in [3.8, 4) is 5.75 Å². The summed E-state index contributed by atoms with van der Waals surface area (Å²) in [6.45, 7) is 0.